The molecule has 0 atom stereocenters. The zero-order valence-corrected chi connectivity index (χ0v) is 14.2. The minimum atomic E-state index is -0.465. The molecule has 2 aromatic rings. The second kappa shape index (κ2) is 7.08. The summed E-state index contributed by atoms with van der Waals surface area (Å²) in [7, 11) is 0. The van der Waals surface area contributed by atoms with Crippen LogP contribution in [0.15, 0.2) is 47.1 Å². The molecule has 3 rings (SSSR count). The van der Waals surface area contributed by atoms with Gasteiger partial charge in [0.1, 0.15) is 11.6 Å². The predicted octanol–water partition coefficient (Wildman–Crippen LogP) is 3.34. The highest BCUT2D eigenvalue weighted by molar-refractivity contribution is 9.10. The topological polar surface area (TPSA) is 36.4 Å². The molecule has 4 nitrogen and oxygen atoms in total. The number of pyridine rings is 1. The summed E-state index contributed by atoms with van der Waals surface area (Å²) in [5.41, 5.74) is 0.141. The third-order valence-electron chi connectivity index (χ3n) is 3.92. The summed E-state index contributed by atoms with van der Waals surface area (Å²) in [6.07, 6.45) is 2.60. The summed E-state index contributed by atoms with van der Waals surface area (Å²) in [6.45, 7) is 2.70. The molecule has 1 amide bonds. The number of hydrogen-bond acceptors (Lipinski definition) is 3. The largest absolute Gasteiger partial charge is 0.355 e. The number of carbonyl (C=O) groups is 1. The van der Waals surface area contributed by atoms with E-state index in [0.29, 0.717) is 19.6 Å². The molecule has 23 heavy (non-hydrogen) atoms. The molecule has 1 aliphatic heterocycles. The lowest BCUT2D eigenvalue weighted by atomic mass is 10.2. The second-order valence-electron chi connectivity index (χ2n) is 5.45. The maximum atomic E-state index is 13.8. The first kappa shape index (κ1) is 15.9. The van der Waals surface area contributed by atoms with Crippen LogP contribution in [0.3, 0.4) is 0 Å². The van der Waals surface area contributed by atoms with Gasteiger partial charge in [-0.05, 0) is 46.6 Å². The number of carbonyl (C=O) groups excluding carboxylic acids is 1. The molecule has 1 saturated heterocycles. The van der Waals surface area contributed by atoms with E-state index in [0.717, 1.165) is 23.3 Å². The van der Waals surface area contributed by atoms with Gasteiger partial charge in [0.15, 0.2) is 0 Å². The Labute approximate surface area is 143 Å². The van der Waals surface area contributed by atoms with Crippen molar-refractivity contribution in [3.8, 4) is 0 Å². The smallest absolute Gasteiger partial charge is 0.256 e. The summed E-state index contributed by atoms with van der Waals surface area (Å²) >= 11 is 3.38. The summed E-state index contributed by atoms with van der Waals surface area (Å²) in [4.78, 5) is 20.8. The Morgan fingerprint density at radius 2 is 1.91 bits per heavy atom. The Balaban J connectivity index is 1.70. The van der Waals surface area contributed by atoms with E-state index in [4.69, 9.17) is 0 Å². The van der Waals surface area contributed by atoms with Gasteiger partial charge in [0.2, 0.25) is 0 Å². The van der Waals surface area contributed by atoms with Gasteiger partial charge in [0.05, 0.1) is 5.56 Å². The van der Waals surface area contributed by atoms with Crippen LogP contribution in [0.25, 0.3) is 0 Å². The zero-order valence-electron chi connectivity index (χ0n) is 12.6. The van der Waals surface area contributed by atoms with Crippen molar-refractivity contribution in [1.29, 1.82) is 0 Å². The van der Waals surface area contributed by atoms with Gasteiger partial charge in [-0.15, -0.1) is 0 Å². The number of benzene rings is 1. The summed E-state index contributed by atoms with van der Waals surface area (Å²) in [5.74, 6) is 0.190. The first-order valence-corrected chi connectivity index (χ1v) is 8.35. The SMILES string of the molecule is O=C(c1ccccc1F)N1CCCN(c2ccc(Br)cn2)CC1. The van der Waals surface area contributed by atoms with Crippen molar-refractivity contribution in [2.75, 3.05) is 31.1 Å². The minimum Gasteiger partial charge on any atom is -0.355 e. The molecule has 1 aromatic carbocycles. The number of aromatic nitrogens is 1. The van der Waals surface area contributed by atoms with Crippen LogP contribution in [0.5, 0.6) is 0 Å². The molecule has 2 heterocycles. The Morgan fingerprint density at radius 3 is 2.65 bits per heavy atom. The van der Waals surface area contributed by atoms with Crippen LogP contribution in [0.1, 0.15) is 16.8 Å². The number of nitrogens with zero attached hydrogens (tertiary/aromatic N) is 3. The quantitative estimate of drug-likeness (QED) is 0.805. The number of halogens is 2. The average Bonchev–Trinajstić information content (AvgIpc) is 2.81. The van der Waals surface area contributed by atoms with E-state index in [-0.39, 0.29) is 11.5 Å². The third kappa shape index (κ3) is 3.69. The van der Waals surface area contributed by atoms with E-state index in [1.807, 2.05) is 12.1 Å². The number of amides is 1. The fraction of sp³-hybridized carbons (Fsp3) is 0.294. The molecule has 1 fully saturated rings. The molecule has 0 radical (unpaired) electrons. The first-order chi connectivity index (χ1) is 11.1. The molecule has 0 saturated carbocycles. The molecule has 1 aromatic heterocycles. The molecule has 120 valence electrons. The van der Waals surface area contributed by atoms with Crippen molar-refractivity contribution >= 4 is 27.7 Å². The van der Waals surface area contributed by atoms with Crippen molar-refractivity contribution < 1.29 is 9.18 Å². The van der Waals surface area contributed by atoms with Crippen molar-refractivity contribution in [2.24, 2.45) is 0 Å². The van der Waals surface area contributed by atoms with Gasteiger partial charge in [0.25, 0.3) is 5.91 Å². The van der Waals surface area contributed by atoms with Crippen molar-refractivity contribution in [3.63, 3.8) is 0 Å². The van der Waals surface area contributed by atoms with Crippen LogP contribution in [0.2, 0.25) is 0 Å². The molecule has 0 N–H and O–H groups in total. The minimum absolute atomic E-state index is 0.141. The lowest BCUT2D eigenvalue weighted by Gasteiger charge is -2.23. The van der Waals surface area contributed by atoms with E-state index in [2.05, 4.69) is 25.8 Å². The molecule has 0 spiro atoms. The van der Waals surface area contributed by atoms with Crippen LogP contribution >= 0.6 is 15.9 Å². The Morgan fingerprint density at radius 1 is 1.09 bits per heavy atom. The van der Waals surface area contributed by atoms with Gasteiger partial charge >= 0.3 is 0 Å². The highest BCUT2D eigenvalue weighted by atomic mass is 79.9. The van der Waals surface area contributed by atoms with Gasteiger partial charge in [-0.3, -0.25) is 4.79 Å². The fourth-order valence-electron chi connectivity index (χ4n) is 2.71. The van der Waals surface area contributed by atoms with Crippen molar-refractivity contribution in [3.05, 3.63) is 58.4 Å². The van der Waals surface area contributed by atoms with Crippen LogP contribution in [0.4, 0.5) is 10.2 Å². The standard InChI is InChI=1S/C17H17BrFN3O/c18-13-6-7-16(20-12-13)21-8-3-9-22(11-10-21)17(23)14-4-1-2-5-15(14)19/h1-2,4-7,12H,3,8-11H2. The number of hydrogen-bond donors (Lipinski definition) is 0. The summed E-state index contributed by atoms with van der Waals surface area (Å²) in [6, 6.07) is 10.1. The maximum absolute atomic E-state index is 13.8. The van der Waals surface area contributed by atoms with Crippen LogP contribution < -0.4 is 4.90 Å². The lowest BCUT2D eigenvalue weighted by Crippen LogP contribution is -2.35. The Hall–Kier alpha value is -1.95. The molecule has 6 heteroatoms. The van der Waals surface area contributed by atoms with Gasteiger partial charge in [0, 0.05) is 36.8 Å². The molecule has 0 aliphatic carbocycles. The predicted molar refractivity (Wildman–Crippen MR) is 91.1 cm³/mol. The summed E-state index contributed by atoms with van der Waals surface area (Å²) < 4.78 is 14.7. The molecular formula is C17H17BrFN3O. The van der Waals surface area contributed by atoms with Crippen molar-refractivity contribution in [2.45, 2.75) is 6.42 Å². The molecule has 0 unspecified atom stereocenters. The lowest BCUT2D eigenvalue weighted by molar-refractivity contribution is 0.0762. The maximum Gasteiger partial charge on any atom is 0.256 e. The second-order valence-corrected chi connectivity index (χ2v) is 6.36. The zero-order chi connectivity index (χ0) is 16.2. The van der Waals surface area contributed by atoms with E-state index in [1.54, 1.807) is 23.2 Å². The molecule has 0 bridgehead atoms. The van der Waals surface area contributed by atoms with Crippen LogP contribution in [0, 0.1) is 5.82 Å². The molecular weight excluding hydrogens is 361 g/mol. The van der Waals surface area contributed by atoms with Gasteiger partial charge < -0.3 is 9.80 Å². The first-order valence-electron chi connectivity index (χ1n) is 7.55. The summed E-state index contributed by atoms with van der Waals surface area (Å²) in [5, 5.41) is 0. The number of anilines is 1. The van der Waals surface area contributed by atoms with Gasteiger partial charge in [-0.2, -0.15) is 0 Å². The van der Waals surface area contributed by atoms with E-state index in [1.165, 1.54) is 12.1 Å². The Kier molecular flexibility index (Phi) is 4.91. The highest BCUT2D eigenvalue weighted by Gasteiger charge is 2.22. The number of rotatable bonds is 2. The van der Waals surface area contributed by atoms with Crippen LogP contribution in [-0.2, 0) is 0 Å². The highest BCUT2D eigenvalue weighted by Crippen LogP contribution is 2.18. The average molecular weight is 378 g/mol. The third-order valence-corrected chi connectivity index (χ3v) is 4.39. The molecule has 1 aliphatic rings. The van der Waals surface area contributed by atoms with Crippen LogP contribution in [-0.4, -0.2) is 42.0 Å². The van der Waals surface area contributed by atoms with E-state index in [9.17, 15) is 9.18 Å². The van der Waals surface area contributed by atoms with E-state index < -0.39 is 5.82 Å². The Bertz CT molecular complexity index is 692. The van der Waals surface area contributed by atoms with Crippen molar-refractivity contribution in [1.82, 2.24) is 9.88 Å². The van der Waals surface area contributed by atoms with Gasteiger partial charge in [-0.25, -0.2) is 9.37 Å². The van der Waals surface area contributed by atoms with Gasteiger partial charge in [-0.1, -0.05) is 12.1 Å². The normalized spacial score (nSPS) is 15.4. The fourth-order valence-corrected chi connectivity index (χ4v) is 2.94. The van der Waals surface area contributed by atoms with E-state index >= 15 is 0 Å². The monoisotopic (exact) mass is 377 g/mol.